The van der Waals surface area contributed by atoms with Gasteiger partial charge in [-0.2, -0.15) is 0 Å². The molecule has 2 aliphatic rings. The summed E-state index contributed by atoms with van der Waals surface area (Å²) in [4.78, 5) is 5.86. The molecule has 1 aliphatic carbocycles. The SMILES string of the molecule is [C-]#[N+]/C(C#N)=C1C=C(/C=C/c2ccc(N(c3cccc4ccccc34)c3cccc4ccccc34)cc2)OC2(CCCCC2)C/1. The molecule has 0 saturated heterocycles. The van der Waals surface area contributed by atoms with Crippen molar-refractivity contribution in [2.75, 3.05) is 4.90 Å². The molecule has 0 N–H and O–H groups in total. The lowest BCUT2D eigenvalue weighted by atomic mass is 9.78. The largest absolute Gasteiger partial charge is 0.487 e. The molecule has 1 heterocycles. The first-order valence-electron chi connectivity index (χ1n) is 15.6. The summed E-state index contributed by atoms with van der Waals surface area (Å²) in [6.45, 7) is 7.52. The monoisotopic (exact) mass is 583 g/mol. The zero-order valence-corrected chi connectivity index (χ0v) is 25.1. The fourth-order valence-electron chi connectivity index (χ4n) is 6.89. The number of benzene rings is 5. The lowest BCUT2D eigenvalue weighted by molar-refractivity contribution is -0.0285. The van der Waals surface area contributed by atoms with E-state index in [9.17, 15) is 5.26 Å². The Bertz CT molecular complexity index is 1960. The van der Waals surface area contributed by atoms with E-state index in [4.69, 9.17) is 11.3 Å². The molecule has 0 atom stereocenters. The lowest BCUT2D eigenvalue weighted by Crippen LogP contribution is -2.37. The van der Waals surface area contributed by atoms with Crippen LogP contribution in [0.3, 0.4) is 0 Å². The van der Waals surface area contributed by atoms with Crippen LogP contribution in [-0.4, -0.2) is 5.60 Å². The highest BCUT2D eigenvalue weighted by Gasteiger charge is 2.38. The number of nitrogens with zero attached hydrogens (tertiary/aromatic N) is 3. The van der Waals surface area contributed by atoms with Crippen LogP contribution in [0.4, 0.5) is 17.1 Å². The molecule has 4 nitrogen and oxygen atoms in total. The minimum absolute atomic E-state index is 0.167. The van der Waals surface area contributed by atoms with Crippen molar-refractivity contribution >= 4 is 44.7 Å². The predicted octanol–water partition coefficient (Wildman–Crippen LogP) is 11.2. The van der Waals surface area contributed by atoms with Crippen LogP contribution in [-0.2, 0) is 4.74 Å². The van der Waals surface area contributed by atoms with Crippen LogP contribution in [0, 0.1) is 17.9 Å². The van der Waals surface area contributed by atoms with E-state index < -0.39 is 0 Å². The van der Waals surface area contributed by atoms with Crippen LogP contribution in [0.2, 0.25) is 0 Å². The normalized spacial score (nSPS) is 17.0. The molecule has 218 valence electrons. The van der Waals surface area contributed by atoms with Crippen molar-refractivity contribution in [1.82, 2.24) is 0 Å². The van der Waals surface area contributed by atoms with E-state index in [1.165, 1.54) is 28.0 Å². The van der Waals surface area contributed by atoms with Crippen molar-refractivity contribution in [3.8, 4) is 6.07 Å². The highest BCUT2D eigenvalue weighted by atomic mass is 16.5. The molecule has 1 aliphatic heterocycles. The quantitative estimate of drug-likeness (QED) is 0.153. The topological polar surface area (TPSA) is 40.6 Å². The molecule has 45 heavy (non-hydrogen) atoms. The molecule has 7 rings (SSSR count). The Kier molecular flexibility index (Phi) is 7.64. The fourth-order valence-corrected chi connectivity index (χ4v) is 6.89. The molecule has 0 bridgehead atoms. The van der Waals surface area contributed by atoms with Gasteiger partial charge < -0.3 is 9.64 Å². The van der Waals surface area contributed by atoms with Crippen molar-refractivity contribution in [3.63, 3.8) is 0 Å². The van der Waals surface area contributed by atoms with Crippen LogP contribution in [0.15, 0.2) is 138 Å². The Hall–Kier alpha value is -5.58. The summed E-state index contributed by atoms with van der Waals surface area (Å²) in [5.41, 5.74) is 4.98. The zero-order valence-electron chi connectivity index (χ0n) is 25.1. The number of allylic oxidation sites excluding steroid dienone is 3. The molecule has 0 radical (unpaired) electrons. The second kappa shape index (κ2) is 12.2. The molecular formula is C41H33N3O. The third-order valence-corrected chi connectivity index (χ3v) is 9.06. The van der Waals surface area contributed by atoms with Gasteiger partial charge in [0.1, 0.15) is 11.4 Å². The summed E-state index contributed by atoms with van der Waals surface area (Å²) >= 11 is 0. The number of hydrogen-bond donors (Lipinski definition) is 0. The fraction of sp³-hybridized carbons (Fsp3) is 0.171. The molecule has 0 unspecified atom stereocenters. The van der Waals surface area contributed by atoms with E-state index in [0.717, 1.165) is 53.9 Å². The Balaban J connectivity index is 1.27. The summed E-state index contributed by atoms with van der Waals surface area (Å²) in [6, 6.07) is 40.7. The molecule has 1 saturated carbocycles. The van der Waals surface area contributed by atoms with Crippen molar-refractivity contribution in [2.45, 2.75) is 44.1 Å². The summed E-state index contributed by atoms with van der Waals surface area (Å²) in [7, 11) is 0. The third kappa shape index (κ3) is 5.60. The molecule has 0 amide bonds. The van der Waals surface area contributed by atoms with Gasteiger partial charge in [-0.15, -0.1) is 0 Å². The Morgan fingerprint density at radius 2 is 1.36 bits per heavy atom. The highest BCUT2D eigenvalue weighted by Crippen LogP contribution is 2.44. The van der Waals surface area contributed by atoms with Gasteiger partial charge in [0.25, 0.3) is 5.70 Å². The van der Waals surface area contributed by atoms with Crippen molar-refractivity contribution < 1.29 is 4.74 Å². The Morgan fingerprint density at radius 3 is 1.96 bits per heavy atom. The maximum Gasteiger partial charge on any atom is 0.265 e. The second-order valence-corrected chi connectivity index (χ2v) is 11.9. The van der Waals surface area contributed by atoms with Crippen molar-refractivity contribution in [2.24, 2.45) is 0 Å². The molecule has 0 aromatic heterocycles. The first kappa shape index (κ1) is 28.2. The van der Waals surface area contributed by atoms with E-state index in [0.29, 0.717) is 12.2 Å². The van der Waals surface area contributed by atoms with E-state index in [1.54, 1.807) is 0 Å². The molecular weight excluding hydrogens is 550 g/mol. The molecule has 4 heteroatoms. The molecule has 1 spiro atoms. The van der Waals surface area contributed by atoms with Gasteiger partial charge in [-0.1, -0.05) is 97.4 Å². The standard InChI is InChI=1S/C41H33N3O/c1-43-38(29-42)33-27-35(45-41(28-33)25-7-2-8-26-41)24-21-30-19-22-34(23-20-30)44(39-17-9-13-31-11-3-5-15-36(31)39)40-18-10-14-32-12-4-6-16-37(32)40/h3-6,9-24,27H,2,7-8,25-26,28H2/b24-21+,38-33-. The van der Waals surface area contributed by atoms with E-state index in [1.807, 2.05) is 12.2 Å². The van der Waals surface area contributed by atoms with E-state index >= 15 is 0 Å². The third-order valence-electron chi connectivity index (χ3n) is 9.06. The number of anilines is 3. The van der Waals surface area contributed by atoms with Gasteiger partial charge in [0, 0.05) is 22.9 Å². The predicted molar refractivity (Wildman–Crippen MR) is 184 cm³/mol. The van der Waals surface area contributed by atoms with Gasteiger partial charge in [0.05, 0.1) is 24.0 Å². The Labute approximate surface area is 264 Å². The van der Waals surface area contributed by atoms with E-state index in [2.05, 4.69) is 131 Å². The second-order valence-electron chi connectivity index (χ2n) is 11.9. The lowest BCUT2D eigenvalue weighted by Gasteiger charge is -2.41. The summed E-state index contributed by atoms with van der Waals surface area (Å²) in [5, 5.41) is 14.4. The first-order chi connectivity index (χ1) is 22.2. The van der Waals surface area contributed by atoms with Crippen LogP contribution in [0.5, 0.6) is 0 Å². The van der Waals surface area contributed by atoms with Gasteiger partial charge in [-0.3, -0.25) is 0 Å². The zero-order chi connectivity index (χ0) is 30.6. The minimum atomic E-state index is -0.323. The number of hydrogen-bond acceptors (Lipinski definition) is 3. The van der Waals surface area contributed by atoms with Crippen molar-refractivity contribution in [1.29, 1.82) is 5.26 Å². The van der Waals surface area contributed by atoms with Gasteiger partial charge in [0.2, 0.25) is 0 Å². The summed E-state index contributed by atoms with van der Waals surface area (Å²) < 4.78 is 6.59. The molecule has 5 aromatic carbocycles. The van der Waals surface area contributed by atoms with Gasteiger partial charge in [-0.05, 0) is 84.0 Å². The maximum absolute atomic E-state index is 9.60. The van der Waals surface area contributed by atoms with Crippen LogP contribution in [0.25, 0.3) is 32.5 Å². The number of rotatable bonds is 5. The highest BCUT2D eigenvalue weighted by molar-refractivity contribution is 6.04. The van der Waals surface area contributed by atoms with Gasteiger partial charge >= 0.3 is 0 Å². The van der Waals surface area contributed by atoms with Crippen molar-refractivity contribution in [3.05, 3.63) is 155 Å². The van der Waals surface area contributed by atoms with Gasteiger partial charge in [-0.25, -0.2) is 10.1 Å². The first-order valence-corrected chi connectivity index (χ1v) is 15.6. The van der Waals surface area contributed by atoms with Crippen LogP contribution in [0.1, 0.15) is 44.1 Å². The number of nitriles is 1. The molecule has 5 aromatic rings. The van der Waals surface area contributed by atoms with Crippen LogP contribution < -0.4 is 4.90 Å². The van der Waals surface area contributed by atoms with Crippen LogP contribution >= 0.6 is 0 Å². The Morgan fingerprint density at radius 1 is 0.756 bits per heavy atom. The summed E-state index contributed by atoms with van der Waals surface area (Å²) in [5.74, 6) is 0.715. The average Bonchev–Trinajstić information content (AvgIpc) is 3.09. The smallest absolute Gasteiger partial charge is 0.265 e. The number of ether oxygens (including phenoxy) is 1. The molecule has 1 fully saturated rings. The van der Waals surface area contributed by atoms with Gasteiger partial charge in [0.15, 0.2) is 0 Å². The van der Waals surface area contributed by atoms with E-state index in [-0.39, 0.29) is 11.3 Å². The minimum Gasteiger partial charge on any atom is -0.487 e. The number of fused-ring (bicyclic) bond motifs is 2. The summed E-state index contributed by atoms with van der Waals surface area (Å²) in [6.07, 6.45) is 11.9. The average molecular weight is 584 g/mol. The maximum atomic E-state index is 9.60.